The summed E-state index contributed by atoms with van der Waals surface area (Å²) in [7, 11) is 1.58. The Morgan fingerprint density at radius 2 is 2.00 bits per heavy atom. The number of hydrogen-bond acceptors (Lipinski definition) is 6. The molecule has 1 amide bonds. The number of nitrogens with one attached hydrogen (secondary N) is 1. The molecule has 0 unspecified atom stereocenters. The van der Waals surface area contributed by atoms with E-state index in [1.807, 2.05) is 63.2 Å². The summed E-state index contributed by atoms with van der Waals surface area (Å²) < 4.78 is 6.97. The zero-order valence-electron chi connectivity index (χ0n) is 15.6. The van der Waals surface area contributed by atoms with E-state index in [9.17, 15) is 4.79 Å². The lowest BCUT2D eigenvalue weighted by Crippen LogP contribution is -2.23. The van der Waals surface area contributed by atoms with Gasteiger partial charge in [-0.1, -0.05) is 36.0 Å². The number of benzene rings is 2. The van der Waals surface area contributed by atoms with Crippen LogP contribution in [0.2, 0.25) is 0 Å². The minimum atomic E-state index is -0.399. The van der Waals surface area contributed by atoms with E-state index in [4.69, 9.17) is 4.74 Å². The molecule has 1 aromatic heterocycles. The van der Waals surface area contributed by atoms with Crippen molar-refractivity contribution in [3.8, 4) is 11.4 Å². The molecule has 1 heterocycles. The highest BCUT2D eigenvalue weighted by atomic mass is 32.2. The number of methoxy groups -OCH3 is 1. The maximum atomic E-state index is 12.7. The summed E-state index contributed by atoms with van der Waals surface area (Å²) in [6, 6.07) is 13.5. The molecule has 0 aliphatic heterocycles. The molecule has 0 radical (unpaired) electrons. The van der Waals surface area contributed by atoms with Gasteiger partial charge < -0.3 is 10.1 Å². The van der Waals surface area contributed by atoms with Gasteiger partial charge in [-0.3, -0.25) is 4.79 Å². The predicted molar refractivity (Wildman–Crippen MR) is 106 cm³/mol. The smallest absolute Gasteiger partial charge is 0.237 e. The van der Waals surface area contributed by atoms with Crippen molar-refractivity contribution in [2.75, 3.05) is 12.4 Å². The number of nitrogens with zero attached hydrogens (tertiary/aromatic N) is 4. The van der Waals surface area contributed by atoms with Crippen molar-refractivity contribution in [1.29, 1.82) is 0 Å². The van der Waals surface area contributed by atoms with Crippen LogP contribution in [0.4, 0.5) is 5.69 Å². The fourth-order valence-corrected chi connectivity index (χ4v) is 3.37. The molecular formula is C19H21N5O2S. The molecular weight excluding hydrogens is 362 g/mol. The first-order chi connectivity index (χ1) is 13.0. The van der Waals surface area contributed by atoms with Gasteiger partial charge in [-0.15, -0.1) is 5.10 Å². The summed E-state index contributed by atoms with van der Waals surface area (Å²) in [6.07, 6.45) is 0. The van der Waals surface area contributed by atoms with E-state index < -0.39 is 5.25 Å². The van der Waals surface area contributed by atoms with Gasteiger partial charge in [0.15, 0.2) is 0 Å². The van der Waals surface area contributed by atoms with Crippen LogP contribution >= 0.6 is 11.8 Å². The molecule has 0 saturated carbocycles. The first-order valence-corrected chi connectivity index (χ1v) is 9.34. The monoisotopic (exact) mass is 383 g/mol. The van der Waals surface area contributed by atoms with Gasteiger partial charge in [0.25, 0.3) is 0 Å². The van der Waals surface area contributed by atoms with Crippen LogP contribution in [0, 0.1) is 13.8 Å². The van der Waals surface area contributed by atoms with Gasteiger partial charge in [0.2, 0.25) is 11.1 Å². The lowest BCUT2D eigenvalue weighted by atomic mass is 10.2. The largest absolute Gasteiger partial charge is 0.495 e. The van der Waals surface area contributed by atoms with Crippen molar-refractivity contribution in [2.24, 2.45) is 0 Å². The van der Waals surface area contributed by atoms with Crippen LogP contribution in [0.15, 0.2) is 47.6 Å². The van der Waals surface area contributed by atoms with E-state index in [1.54, 1.807) is 11.8 Å². The van der Waals surface area contributed by atoms with E-state index in [0.29, 0.717) is 16.6 Å². The molecule has 0 spiro atoms. The third-order valence-electron chi connectivity index (χ3n) is 4.05. The number of tetrazole rings is 1. The van der Waals surface area contributed by atoms with Crippen molar-refractivity contribution < 1.29 is 9.53 Å². The topological polar surface area (TPSA) is 81.9 Å². The average molecular weight is 383 g/mol. The molecule has 1 N–H and O–H groups in total. The second-order valence-electron chi connectivity index (χ2n) is 6.11. The molecule has 3 aromatic rings. The van der Waals surface area contributed by atoms with E-state index >= 15 is 0 Å². The Labute approximate surface area is 162 Å². The van der Waals surface area contributed by atoms with Crippen LogP contribution in [0.25, 0.3) is 5.69 Å². The molecule has 8 heteroatoms. The van der Waals surface area contributed by atoms with Crippen molar-refractivity contribution in [3.05, 3.63) is 53.6 Å². The zero-order chi connectivity index (χ0) is 19.4. The number of para-hydroxylation sites is 1. The molecule has 0 bridgehead atoms. The van der Waals surface area contributed by atoms with Crippen molar-refractivity contribution in [2.45, 2.75) is 31.2 Å². The average Bonchev–Trinajstić information content (AvgIpc) is 3.10. The Bertz CT molecular complexity index is 957. The maximum absolute atomic E-state index is 12.7. The number of thioether (sulfide) groups is 1. The van der Waals surface area contributed by atoms with E-state index in [1.165, 1.54) is 11.8 Å². The molecule has 2 aromatic carbocycles. The summed E-state index contributed by atoms with van der Waals surface area (Å²) in [4.78, 5) is 12.7. The molecule has 0 saturated heterocycles. The van der Waals surface area contributed by atoms with Crippen molar-refractivity contribution in [1.82, 2.24) is 20.2 Å². The summed E-state index contributed by atoms with van der Waals surface area (Å²) in [5.41, 5.74) is 3.62. The number of anilines is 1. The Balaban J connectivity index is 1.76. The zero-order valence-corrected chi connectivity index (χ0v) is 16.4. The van der Waals surface area contributed by atoms with Crippen LogP contribution in [0.5, 0.6) is 5.75 Å². The van der Waals surface area contributed by atoms with Crippen LogP contribution in [0.1, 0.15) is 18.1 Å². The van der Waals surface area contributed by atoms with E-state index in [0.717, 1.165) is 16.8 Å². The highest BCUT2D eigenvalue weighted by Crippen LogP contribution is 2.28. The number of carbonyl (C=O) groups is 1. The quantitative estimate of drug-likeness (QED) is 0.657. The molecule has 1 atom stereocenters. The van der Waals surface area contributed by atoms with Gasteiger partial charge in [0, 0.05) is 0 Å². The van der Waals surface area contributed by atoms with Gasteiger partial charge in [-0.2, -0.15) is 4.68 Å². The van der Waals surface area contributed by atoms with Gasteiger partial charge in [-0.05, 0) is 60.5 Å². The van der Waals surface area contributed by atoms with E-state index in [2.05, 4.69) is 20.8 Å². The lowest BCUT2D eigenvalue weighted by molar-refractivity contribution is -0.115. The number of aromatic nitrogens is 4. The normalized spacial score (nSPS) is 11.9. The Morgan fingerprint density at radius 1 is 1.22 bits per heavy atom. The highest BCUT2D eigenvalue weighted by Gasteiger charge is 2.21. The summed E-state index contributed by atoms with van der Waals surface area (Å²) in [5.74, 6) is 0.471. The third-order valence-corrected chi connectivity index (χ3v) is 5.08. The molecule has 0 aliphatic rings. The summed E-state index contributed by atoms with van der Waals surface area (Å²) >= 11 is 1.30. The first kappa shape index (κ1) is 18.9. The van der Waals surface area contributed by atoms with Crippen molar-refractivity contribution >= 4 is 23.4 Å². The highest BCUT2D eigenvalue weighted by molar-refractivity contribution is 8.00. The maximum Gasteiger partial charge on any atom is 0.237 e. The minimum Gasteiger partial charge on any atom is -0.495 e. The van der Waals surface area contributed by atoms with Gasteiger partial charge in [0.05, 0.1) is 23.7 Å². The first-order valence-electron chi connectivity index (χ1n) is 8.46. The predicted octanol–water partition coefficient (Wildman–Crippen LogP) is 3.41. The Morgan fingerprint density at radius 3 is 2.74 bits per heavy atom. The third kappa shape index (κ3) is 4.28. The standard InChI is InChI=1S/C19H21N5O2S/c1-12-9-10-17(26-4)15(11-12)20-18(25)14(3)27-19-21-22-23-24(19)16-8-6-5-7-13(16)2/h5-11,14H,1-4H3,(H,20,25)/t14-/m1/s1. The van der Waals surface area contributed by atoms with Crippen LogP contribution in [0.3, 0.4) is 0 Å². The number of ether oxygens (including phenoxy) is 1. The number of carbonyl (C=O) groups excluding carboxylic acids is 1. The molecule has 27 heavy (non-hydrogen) atoms. The second kappa shape index (κ2) is 8.22. The number of aryl methyl sites for hydroxylation is 2. The number of rotatable bonds is 6. The van der Waals surface area contributed by atoms with Crippen LogP contribution < -0.4 is 10.1 Å². The number of hydrogen-bond donors (Lipinski definition) is 1. The second-order valence-corrected chi connectivity index (χ2v) is 7.42. The fraction of sp³-hybridized carbons (Fsp3) is 0.263. The van der Waals surface area contributed by atoms with Gasteiger partial charge in [-0.25, -0.2) is 0 Å². The Kier molecular flexibility index (Phi) is 5.75. The molecule has 0 aliphatic carbocycles. The number of amides is 1. The summed E-state index contributed by atoms with van der Waals surface area (Å²) in [6.45, 7) is 5.77. The minimum absolute atomic E-state index is 0.150. The molecule has 0 fully saturated rings. The molecule has 140 valence electrons. The van der Waals surface area contributed by atoms with Crippen LogP contribution in [-0.4, -0.2) is 38.5 Å². The SMILES string of the molecule is COc1ccc(C)cc1NC(=O)[C@@H](C)Sc1nnnn1-c1ccccc1C. The lowest BCUT2D eigenvalue weighted by Gasteiger charge is -2.14. The molecule has 7 nitrogen and oxygen atoms in total. The van der Waals surface area contributed by atoms with Gasteiger partial charge in [0.1, 0.15) is 5.75 Å². The fourth-order valence-electron chi connectivity index (χ4n) is 2.57. The summed E-state index contributed by atoms with van der Waals surface area (Å²) in [5, 5.41) is 15.0. The Hall–Kier alpha value is -2.87. The molecule has 3 rings (SSSR count). The van der Waals surface area contributed by atoms with Gasteiger partial charge >= 0.3 is 0 Å². The van der Waals surface area contributed by atoms with E-state index in [-0.39, 0.29) is 5.91 Å². The van der Waals surface area contributed by atoms with Crippen molar-refractivity contribution in [3.63, 3.8) is 0 Å². The van der Waals surface area contributed by atoms with Crippen LogP contribution in [-0.2, 0) is 4.79 Å².